The Morgan fingerprint density at radius 3 is 1.54 bits per heavy atom. The van der Waals surface area contributed by atoms with E-state index in [1.165, 1.54) is 18.2 Å². The van der Waals surface area contributed by atoms with Crippen LogP contribution in [0.1, 0.15) is 78.3 Å². The van der Waals surface area contributed by atoms with E-state index in [0.29, 0.717) is 0 Å². The van der Waals surface area contributed by atoms with Crippen LogP contribution in [-0.4, -0.2) is 64.8 Å². The zero-order valence-corrected chi connectivity index (χ0v) is 51.3. The minimum absolute atomic E-state index is 0. The standard InChI is InChI=1S/C35H28N12O10S.5K/c1-35(2,3)23-22(42-44-34-45-43-25(58-34)20-6-4-5-7-21(20)30(56)57)24(36)47(46-23)33-40-31(37-18-10-14(26(48)49)8-15(11-18)27(50)51)39-32(41-33)38-19-12-16(28(52)53)9-17(13-19)29(54)55;;;;;/h4-13H,36H2,1-3H3,(H,48,49)(H,50,51)(H,52,53)(H,54,55)(H,56,57)(H2,37,38,39,40,41);;;;;/q;5*+1/p-5. The van der Waals surface area contributed by atoms with Crippen LogP contribution in [0.3, 0.4) is 0 Å². The van der Waals surface area contributed by atoms with Crippen LogP contribution in [0, 0.1) is 0 Å². The summed E-state index contributed by atoms with van der Waals surface area (Å²) in [6, 6.07) is 11.7. The van der Waals surface area contributed by atoms with Gasteiger partial charge < -0.3 is 65.9 Å². The molecule has 0 radical (unpaired) electrons. The molecule has 0 aliphatic heterocycles. The summed E-state index contributed by atoms with van der Waals surface area (Å²) < 4.78 is 1.03. The van der Waals surface area contributed by atoms with E-state index in [1.54, 1.807) is 26.8 Å². The Labute approximate surface area is 573 Å². The van der Waals surface area contributed by atoms with Gasteiger partial charge in [-0.15, -0.1) is 20.4 Å². The van der Waals surface area contributed by atoms with E-state index in [-0.39, 0.29) is 313 Å². The second-order valence-electron chi connectivity index (χ2n) is 12.9. The van der Waals surface area contributed by atoms with Crippen molar-refractivity contribution < 1.29 is 306 Å². The Morgan fingerprint density at radius 1 is 0.651 bits per heavy atom. The van der Waals surface area contributed by atoms with E-state index < -0.39 is 69.4 Å². The summed E-state index contributed by atoms with van der Waals surface area (Å²) >= 11 is 0.922. The molecule has 63 heavy (non-hydrogen) atoms. The van der Waals surface area contributed by atoms with Crippen LogP contribution < -0.4 is 299 Å². The van der Waals surface area contributed by atoms with Crippen LogP contribution in [0.5, 0.6) is 0 Å². The van der Waals surface area contributed by atoms with Crippen molar-refractivity contribution in [2.24, 2.45) is 10.2 Å². The summed E-state index contributed by atoms with van der Waals surface area (Å²) in [7, 11) is 0. The number of aromatic carboxylic acids is 5. The zero-order valence-electron chi connectivity index (χ0n) is 34.9. The average molecular weight is 999 g/mol. The third-order valence-corrected chi connectivity index (χ3v) is 8.61. The molecule has 4 N–H and O–H groups in total. The average Bonchev–Trinajstić information content (AvgIpc) is 3.77. The summed E-state index contributed by atoms with van der Waals surface area (Å²) in [5, 5.41) is 84.9. The number of benzene rings is 3. The molecule has 0 saturated heterocycles. The van der Waals surface area contributed by atoms with Gasteiger partial charge in [0, 0.05) is 27.9 Å². The van der Waals surface area contributed by atoms with Gasteiger partial charge in [-0.2, -0.15) is 24.7 Å². The minimum Gasteiger partial charge on any atom is -0.545 e. The van der Waals surface area contributed by atoms with Crippen molar-refractivity contribution in [3.63, 3.8) is 0 Å². The second-order valence-corrected chi connectivity index (χ2v) is 13.9. The summed E-state index contributed by atoms with van der Waals surface area (Å²) in [6.07, 6.45) is 0. The van der Waals surface area contributed by atoms with Gasteiger partial charge in [-0.1, -0.05) is 56.4 Å². The van der Waals surface area contributed by atoms with Gasteiger partial charge in [-0.25, -0.2) is 0 Å². The van der Waals surface area contributed by atoms with Crippen LogP contribution in [-0.2, 0) is 5.41 Å². The maximum atomic E-state index is 11.7. The number of anilines is 5. The molecule has 0 spiro atoms. The Morgan fingerprint density at radius 2 is 1.11 bits per heavy atom. The van der Waals surface area contributed by atoms with Crippen molar-refractivity contribution in [2.75, 3.05) is 16.4 Å². The van der Waals surface area contributed by atoms with Gasteiger partial charge in [0.15, 0.2) is 11.5 Å². The van der Waals surface area contributed by atoms with Crippen molar-refractivity contribution in [1.82, 2.24) is 34.9 Å². The third-order valence-electron chi connectivity index (χ3n) is 7.77. The zero-order chi connectivity index (χ0) is 42.1. The molecular weight excluding hydrogens is 976 g/mol. The molecule has 0 atom stereocenters. The first-order chi connectivity index (χ1) is 27.4. The fourth-order valence-electron chi connectivity index (χ4n) is 5.18. The number of hydrogen-bond donors (Lipinski definition) is 3. The Bertz CT molecular complexity index is 2570. The summed E-state index contributed by atoms with van der Waals surface area (Å²) in [6.45, 7) is 5.34. The number of hydrogen-bond acceptors (Lipinski definition) is 22. The van der Waals surface area contributed by atoms with Crippen molar-refractivity contribution in [1.29, 1.82) is 0 Å². The predicted molar refractivity (Wildman–Crippen MR) is 191 cm³/mol. The van der Waals surface area contributed by atoms with E-state index in [1.807, 2.05) is 0 Å². The van der Waals surface area contributed by atoms with Crippen molar-refractivity contribution in [3.05, 3.63) is 94.2 Å². The van der Waals surface area contributed by atoms with E-state index in [9.17, 15) is 49.5 Å². The molecule has 22 nitrogen and oxygen atoms in total. The number of carboxylic acids is 5. The molecule has 0 saturated carbocycles. The molecule has 0 aliphatic rings. The third kappa shape index (κ3) is 15.7. The SMILES string of the molecule is CC(C)(C)c1nn(-c2nc(Nc3cc(C(=O)[O-])cc(C(=O)[O-])c3)nc(Nc3cc(C(=O)[O-])cc(C(=O)[O-])c3)n2)c(N)c1N=Nc1nnc(-c2ccccc2C(=O)[O-])s1.[K+].[K+].[K+].[K+].[K+]. The molecule has 6 rings (SSSR count). The summed E-state index contributed by atoms with van der Waals surface area (Å²) in [5.41, 5.74) is 3.70. The number of rotatable bonds is 13. The van der Waals surface area contributed by atoms with Crippen molar-refractivity contribution in [2.45, 2.75) is 26.2 Å². The molecule has 3 aromatic carbocycles. The fraction of sp³-hybridized carbons (Fsp3) is 0.114. The van der Waals surface area contributed by atoms with E-state index in [0.717, 1.165) is 52.4 Å². The molecule has 0 bridgehead atoms. The number of carboxylic acid groups (broad SMARTS) is 5. The largest absolute Gasteiger partial charge is 1.00 e. The molecule has 28 heteroatoms. The van der Waals surface area contributed by atoms with Gasteiger partial charge in [0.2, 0.25) is 11.9 Å². The van der Waals surface area contributed by atoms with Crippen LogP contribution in [0.15, 0.2) is 70.9 Å². The number of azo groups is 1. The van der Waals surface area contributed by atoms with Gasteiger partial charge in [0.1, 0.15) is 5.01 Å². The number of nitrogens with one attached hydrogen (secondary N) is 2. The molecule has 294 valence electrons. The van der Waals surface area contributed by atoms with Crippen LogP contribution in [0.2, 0.25) is 0 Å². The Balaban J connectivity index is 0.00000397. The predicted octanol–water partition coefficient (Wildman–Crippen LogP) is -15.8. The van der Waals surface area contributed by atoms with Gasteiger partial charge in [-0.3, -0.25) is 0 Å². The van der Waals surface area contributed by atoms with Crippen LogP contribution in [0.25, 0.3) is 16.5 Å². The number of nitrogens with two attached hydrogens (primary N) is 1. The Kier molecular flexibility index (Phi) is 25.8. The summed E-state index contributed by atoms with van der Waals surface area (Å²) in [5.74, 6) is -9.60. The number of nitrogen functional groups attached to an aromatic ring is 1. The molecule has 0 aliphatic carbocycles. The Hall–Kier alpha value is -0.0282. The molecule has 6 aromatic rings. The smallest absolute Gasteiger partial charge is 0.545 e. The topological polar surface area (TPSA) is 358 Å². The fourth-order valence-corrected chi connectivity index (χ4v) is 5.89. The maximum Gasteiger partial charge on any atom is 1.00 e. The minimum atomic E-state index is -1.71. The molecule has 0 unspecified atom stereocenters. The molecule has 0 amide bonds. The molecular formula is C35H23K5N12O10S. The first-order valence-corrected chi connectivity index (χ1v) is 17.1. The molecule has 3 heterocycles. The normalized spacial score (nSPS) is 10.5. The quantitative estimate of drug-likeness (QED) is 0.0714. The van der Waals surface area contributed by atoms with E-state index in [2.05, 4.69) is 51.1 Å². The van der Waals surface area contributed by atoms with E-state index in [4.69, 9.17) is 5.73 Å². The first-order valence-electron chi connectivity index (χ1n) is 16.3. The van der Waals surface area contributed by atoms with Crippen LogP contribution in [0.4, 0.5) is 39.9 Å². The number of aromatic nitrogens is 7. The number of nitrogens with zero attached hydrogens (tertiary/aromatic N) is 9. The first kappa shape index (κ1) is 61.0. The van der Waals surface area contributed by atoms with Crippen molar-refractivity contribution >= 4 is 81.1 Å². The van der Waals surface area contributed by atoms with Crippen LogP contribution >= 0.6 is 11.3 Å². The number of carbonyl (C=O) groups excluding carboxylic acids is 5. The van der Waals surface area contributed by atoms with Gasteiger partial charge in [-0.05, 0) is 58.7 Å². The maximum absolute atomic E-state index is 11.7. The summed E-state index contributed by atoms with van der Waals surface area (Å²) in [4.78, 5) is 71.1. The second kappa shape index (κ2) is 26.7. The number of carbonyl (C=O) groups is 5. The monoisotopic (exact) mass is 998 g/mol. The molecule has 0 fully saturated rings. The molecule has 3 aromatic heterocycles. The van der Waals surface area contributed by atoms with Gasteiger partial charge >= 0.3 is 257 Å². The van der Waals surface area contributed by atoms with E-state index >= 15 is 0 Å². The van der Waals surface area contributed by atoms with Gasteiger partial charge in [0.25, 0.3) is 11.1 Å². The van der Waals surface area contributed by atoms with Gasteiger partial charge in [0.05, 0.1) is 35.5 Å². The van der Waals surface area contributed by atoms with Crippen molar-refractivity contribution in [3.8, 4) is 16.5 Å².